The molecule has 6 rings (SSSR count). The number of benzene rings is 5. The molecule has 0 radical (unpaired) electrons. The Balaban J connectivity index is 1.70. The Morgan fingerprint density at radius 3 is 1.39 bits per heavy atom. The lowest BCUT2D eigenvalue weighted by atomic mass is 9.95. The van der Waals surface area contributed by atoms with Crippen LogP contribution in [0, 0.1) is 0 Å². The maximum Gasteiger partial charge on any atom is 0.503 e. The van der Waals surface area contributed by atoms with Gasteiger partial charge >= 0.3 is 6.01 Å². The van der Waals surface area contributed by atoms with E-state index in [1.165, 1.54) is 22.3 Å². The summed E-state index contributed by atoms with van der Waals surface area (Å²) >= 11 is 0. The third-order valence-corrected chi connectivity index (χ3v) is 6.01. The topological polar surface area (TPSA) is 6.02 Å². The highest BCUT2D eigenvalue weighted by atomic mass is 15.2. The molecule has 154 valence electrons. The first-order valence-electron chi connectivity index (χ1n) is 11.1. The van der Waals surface area contributed by atoms with Crippen LogP contribution in [0.5, 0.6) is 0 Å². The van der Waals surface area contributed by atoms with Crippen molar-refractivity contribution in [1.82, 2.24) is 9.15 Å². The maximum atomic E-state index is 3.68. The molecule has 2 heteroatoms. The second-order valence-corrected chi connectivity index (χ2v) is 8.03. The van der Waals surface area contributed by atoms with Crippen LogP contribution in [0.1, 0.15) is 0 Å². The van der Waals surface area contributed by atoms with E-state index in [0.29, 0.717) is 0 Å². The molecule has 0 spiro atoms. The minimum atomic E-state index is 1.09. The van der Waals surface area contributed by atoms with E-state index in [-0.39, 0.29) is 0 Å². The minimum Gasteiger partial charge on any atom is -0.0622 e. The summed E-state index contributed by atoms with van der Waals surface area (Å²) in [5.74, 6) is 0. The summed E-state index contributed by atoms with van der Waals surface area (Å²) in [6.45, 7) is 0. The van der Waals surface area contributed by atoms with E-state index in [0.717, 1.165) is 22.7 Å². The number of hydrogen-bond donors (Lipinski definition) is 0. The second kappa shape index (κ2) is 8.20. The molecule has 1 aliphatic heterocycles. The molecule has 0 atom stereocenters. The van der Waals surface area contributed by atoms with Crippen LogP contribution in [0.25, 0.3) is 22.3 Å². The second-order valence-electron chi connectivity index (χ2n) is 8.03. The number of rotatable bonds is 4. The summed E-state index contributed by atoms with van der Waals surface area (Å²) in [4.78, 5) is 0. The van der Waals surface area contributed by atoms with Crippen LogP contribution in [-0.2, 0) is 0 Å². The highest BCUT2D eigenvalue weighted by molar-refractivity contribution is 5.95. The van der Waals surface area contributed by atoms with Crippen molar-refractivity contribution in [2.45, 2.75) is 0 Å². The van der Waals surface area contributed by atoms with Crippen molar-refractivity contribution in [2.24, 2.45) is 0 Å². The van der Waals surface area contributed by atoms with E-state index in [1.54, 1.807) is 0 Å². The summed E-state index contributed by atoms with van der Waals surface area (Å²) < 4.78 is 4.36. The zero-order valence-electron chi connectivity index (χ0n) is 18.1. The van der Waals surface area contributed by atoms with Crippen LogP contribution < -0.4 is 9.15 Å². The highest BCUT2D eigenvalue weighted by Crippen LogP contribution is 2.43. The Labute approximate surface area is 193 Å². The predicted molar refractivity (Wildman–Crippen MR) is 138 cm³/mol. The van der Waals surface area contributed by atoms with Gasteiger partial charge < -0.3 is 0 Å². The lowest BCUT2D eigenvalue weighted by Gasteiger charge is -2.10. The fourth-order valence-electron chi connectivity index (χ4n) is 4.48. The first-order chi connectivity index (χ1) is 16.4. The molecule has 1 aliphatic rings. The number of nitrogens with zero attached hydrogens (tertiary/aromatic N) is 2. The van der Waals surface area contributed by atoms with E-state index in [9.17, 15) is 0 Å². The lowest BCUT2D eigenvalue weighted by Crippen LogP contribution is -2.04. The number of para-hydroxylation sites is 4. The molecule has 0 unspecified atom stereocenters. The van der Waals surface area contributed by atoms with Crippen LogP contribution in [0.4, 0.5) is 22.7 Å². The molecule has 5 aromatic carbocycles. The summed E-state index contributed by atoms with van der Waals surface area (Å²) in [6.07, 6.45) is 0. The van der Waals surface area contributed by atoms with Crippen LogP contribution >= 0.6 is 0 Å². The standard InChI is InChI=1S/C31H22N2/c1-4-13-24(14-5-1)27-19-12-20-28(25-15-6-2-7-16-25)31(27)33-23-32(26-17-8-3-9-18-26)29-21-10-11-22-30(29)33/h1-22H/q+2. The normalized spacial score (nSPS) is 12.1. The van der Waals surface area contributed by atoms with Gasteiger partial charge in [0.1, 0.15) is 0 Å². The molecule has 0 amide bonds. The van der Waals surface area contributed by atoms with Gasteiger partial charge in [0.2, 0.25) is 11.4 Å². The van der Waals surface area contributed by atoms with Crippen molar-refractivity contribution < 1.29 is 0 Å². The van der Waals surface area contributed by atoms with Crippen molar-refractivity contribution in [3.8, 4) is 22.3 Å². The smallest absolute Gasteiger partial charge is 0.0622 e. The summed E-state index contributed by atoms with van der Waals surface area (Å²) in [5.41, 5.74) is 9.16. The van der Waals surface area contributed by atoms with Gasteiger partial charge in [0.15, 0.2) is 0 Å². The van der Waals surface area contributed by atoms with Crippen molar-refractivity contribution in [3.63, 3.8) is 0 Å². The Morgan fingerprint density at radius 2 is 0.848 bits per heavy atom. The van der Waals surface area contributed by atoms with Gasteiger partial charge in [-0.3, -0.25) is 0 Å². The molecule has 33 heavy (non-hydrogen) atoms. The van der Waals surface area contributed by atoms with E-state index < -0.39 is 0 Å². The Bertz CT molecular complexity index is 1450. The molecule has 0 saturated carbocycles. The van der Waals surface area contributed by atoms with E-state index in [4.69, 9.17) is 0 Å². The van der Waals surface area contributed by atoms with Crippen LogP contribution in [0.2, 0.25) is 0 Å². The molecule has 0 bridgehead atoms. The van der Waals surface area contributed by atoms with Gasteiger partial charge in [0.25, 0.3) is 11.4 Å². The van der Waals surface area contributed by atoms with Crippen molar-refractivity contribution in [2.75, 3.05) is 0 Å². The van der Waals surface area contributed by atoms with Crippen molar-refractivity contribution >= 4 is 28.8 Å². The average Bonchev–Trinajstić information content (AvgIpc) is 3.29. The Kier molecular flexibility index (Phi) is 4.77. The third-order valence-electron chi connectivity index (χ3n) is 6.01. The zero-order valence-corrected chi connectivity index (χ0v) is 18.1. The summed E-state index contributed by atoms with van der Waals surface area (Å²) in [5, 5.41) is 0. The van der Waals surface area contributed by atoms with Gasteiger partial charge in [-0.25, -0.2) is 0 Å². The Hall–Kier alpha value is -4.52. The third kappa shape index (κ3) is 3.40. The van der Waals surface area contributed by atoms with E-state index >= 15 is 0 Å². The number of fused-ring (bicyclic) bond motifs is 1. The first kappa shape index (κ1) is 19.2. The van der Waals surface area contributed by atoms with Gasteiger partial charge in [-0.05, 0) is 32.4 Å². The fraction of sp³-hybridized carbons (Fsp3) is 0. The van der Waals surface area contributed by atoms with Crippen LogP contribution in [-0.4, -0.2) is 6.01 Å². The summed E-state index contributed by atoms with van der Waals surface area (Å²) in [6, 6.07) is 50.3. The molecule has 0 saturated heterocycles. The average molecular weight is 423 g/mol. The molecule has 0 aromatic heterocycles. The van der Waals surface area contributed by atoms with Crippen LogP contribution in [0.15, 0.2) is 133 Å². The Morgan fingerprint density at radius 1 is 0.394 bits per heavy atom. The van der Waals surface area contributed by atoms with Crippen molar-refractivity contribution in [3.05, 3.63) is 133 Å². The maximum absolute atomic E-state index is 3.68. The predicted octanol–water partition coefficient (Wildman–Crippen LogP) is 7.88. The quantitative estimate of drug-likeness (QED) is 0.255. The van der Waals surface area contributed by atoms with Gasteiger partial charge in [-0.2, -0.15) is 0 Å². The van der Waals surface area contributed by atoms with E-state index in [1.807, 2.05) is 6.07 Å². The van der Waals surface area contributed by atoms with E-state index in [2.05, 4.69) is 143 Å². The van der Waals surface area contributed by atoms with Gasteiger partial charge in [-0.1, -0.05) is 97.1 Å². The lowest BCUT2D eigenvalue weighted by molar-refractivity contribution is 1.12. The molecular formula is C31H22N2+2. The molecule has 0 fully saturated rings. The molecule has 1 heterocycles. The molecule has 2 nitrogen and oxygen atoms in total. The van der Waals surface area contributed by atoms with Crippen molar-refractivity contribution in [1.29, 1.82) is 0 Å². The molecular weight excluding hydrogens is 400 g/mol. The fourth-order valence-corrected chi connectivity index (χ4v) is 4.48. The first-order valence-corrected chi connectivity index (χ1v) is 11.1. The van der Waals surface area contributed by atoms with Gasteiger partial charge in [0.05, 0.1) is 11.1 Å². The largest absolute Gasteiger partial charge is 0.503 e. The SMILES string of the molecule is C1=[N+](c2ccccc2)c2ccccc2[N+]=1c1c(-c2ccccc2)cccc1-c1ccccc1. The zero-order chi connectivity index (χ0) is 22.0. The molecule has 5 aromatic rings. The minimum absolute atomic E-state index is 1.09. The summed E-state index contributed by atoms with van der Waals surface area (Å²) in [7, 11) is 0. The van der Waals surface area contributed by atoms with Gasteiger partial charge in [-0.15, -0.1) is 0 Å². The molecule has 0 aliphatic carbocycles. The van der Waals surface area contributed by atoms with Crippen LogP contribution in [0.3, 0.4) is 0 Å². The number of hydrogen-bond acceptors (Lipinski definition) is 0. The highest BCUT2D eigenvalue weighted by Gasteiger charge is 2.38. The molecule has 0 N–H and O–H groups in total. The van der Waals surface area contributed by atoms with Gasteiger partial charge in [0, 0.05) is 24.3 Å². The monoisotopic (exact) mass is 422 g/mol.